The van der Waals surface area contributed by atoms with Gasteiger partial charge in [0.15, 0.2) is 11.9 Å². The standard InChI is InChI=1S/C11H15Cl2N5/c1-6(2)16-10(14)18-11(15)17-7-3-4-8(12)9(13)5-7/h3-6H,1-2H3,(H5,14,15,16,17,18). The Kier molecular flexibility index (Phi) is 5.25. The van der Waals surface area contributed by atoms with E-state index in [4.69, 9.17) is 34.0 Å². The summed E-state index contributed by atoms with van der Waals surface area (Å²) in [6.45, 7) is 3.82. The topological polar surface area (TPSA) is 83.8 Å². The Morgan fingerprint density at radius 3 is 2.33 bits per heavy atom. The molecule has 0 saturated carbocycles. The number of guanidine groups is 2. The van der Waals surface area contributed by atoms with E-state index in [1.165, 1.54) is 0 Å². The van der Waals surface area contributed by atoms with Gasteiger partial charge in [-0.3, -0.25) is 16.1 Å². The quantitative estimate of drug-likeness (QED) is 0.428. The highest BCUT2D eigenvalue weighted by Crippen LogP contribution is 2.24. The maximum Gasteiger partial charge on any atom is 0.199 e. The number of halogens is 2. The molecule has 5 N–H and O–H groups in total. The zero-order valence-electron chi connectivity index (χ0n) is 10.1. The van der Waals surface area contributed by atoms with Crippen LogP contribution < -0.4 is 16.0 Å². The third-order valence-corrected chi connectivity index (χ3v) is 2.61. The summed E-state index contributed by atoms with van der Waals surface area (Å²) >= 11 is 11.6. The monoisotopic (exact) mass is 287 g/mol. The first kappa shape index (κ1) is 14.6. The molecule has 0 unspecified atom stereocenters. The van der Waals surface area contributed by atoms with Gasteiger partial charge in [-0.1, -0.05) is 23.2 Å². The van der Waals surface area contributed by atoms with Gasteiger partial charge >= 0.3 is 0 Å². The molecular formula is C11H15Cl2N5. The van der Waals surface area contributed by atoms with Gasteiger partial charge in [0, 0.05) is 11.7 Å². The molecule has 0 spiro atoms. The summed E-state index contributed by atoms with van der Waals surface area (Å²) in [6.07, 6.45) is 0. The van der Waals surface area contributed by atoms with Crippen molar-refractivity contribution < 1.29 is 0 Å². The highest BCUT2D eigenvalue weighted by atomic mass is 35.5. The van der Waals surface area contributed by atoms with Crippen LogP contribution in [-0.2, 0) is 0 Å². The molecule has 0 heterocycles. The highest BCUT2D eigenvalue weighted by molar-refractivity contribution is 6.42. The van der Waals surface area contributed by atoms with Crippen LogP contribution in [0.2, 0.25) is 10.0 Å². The lowest BCUT2D eigenvalue weighted by Crippen LogP contribution is -2.45. The van der Waals surface area contributed by atoms with Gasteiger partial charge in [0.1, 0.15) is 0 Å². The van der Waals surface area contributed by atoms with Crippen molar-refractivity contribution in [3.8, 4) is 0 Å². The first-order valence-corrected chi connectivity index (χ1v) is 6.07. The normalized spacial score (nSPS) is 10.1. The van der Waals surface area contributed by atoms with Crippen molar-refractivity contribution in [1.82, 2.24) is 10.6 Å². The van der Waals surface area contributed by atoms with Crippen LogP contribution in [0.1, 0.15) is 13.8 Å². The number of nitrogens with one attached hydrogen (secondary N) is 5. The molecule has 0 aliphatic carbocycles. The van der Waals surface area contributed by atoms with Gasteiger partial charge in [0.25, 0.3) is 0 Å². The zero-order chi connectivity index (χ0) is 13.7. The summed E-state index contributed by atoms with van der Waals surface area (Å²) in [5.74, 6) is 0.0362. The lowest BCUT2D eigenvalue weighted by molar-refractivity contribution is 0.718. The van der Waals surface area contributed by atoms with Gasteiger partial charge in [0.05, 0.1) is 10.0 Å². The second-order valence-corrected chi connectivity index (χ2v) is 4.74. The summed E-state index contributed by atoms with van der Waals surface area (Å²) in [5, 5.41) is 24.2. The minimum atomic E-state index is -0.0217. The van der Waals surface area contributed by atoms with E-state index in [1.807, 2.05) is 13.8 Å². The van der Waals surface area contributed by atoms with Crippen molar-refractivity contribution in [2.75, 3.05) is 5.32 Å². The summed E-state index contributed by atoms with van der Waals surface area (Å²) in [7, 11) is 0. The van der Waals surface area contributed by atoms with E-state index < -0.39 is 0 Å². The van der Waals surface area contributed by atoms with E-state index in [0.717, 1.165) is 0 Å². The molecule has 0 radical (unpaired) electrons. The molecule has 0 aliphatic rings. The van der Waals surface area contributed by atoms with E-state index in [2.05, 4.69) is 16.0 Å². The lowest BCUT2D eigenvalue weighted by Gasteiger charge is -2.14. The number of hydrogen-bond acceptors (Lipinski definition) is 2. The number of hydrogen-bond donors (Lipinski definition) is 5. The van der Waals surface area contributed by atoms with E-state index in [9.17, 15) is 0 Å². The number of rotatable bonds is 2. The minimum Gasteiger partial charge on any atom is -0.354 e. The van der Waals surface area contributed by atoms with Crippen molar-refractivity contribution in [3.05, 3.63) is 28.2 Å². The fourth-order valence-electron chi connectivity index (χ4n) is 1.20. The summed E-state index contributed by atoms with van der Waals surface area (Å²) < 4.78 is 0. The average Bonchev–Trinajstić information content (AvgIpc) is 2.21. The Bertz CT molecular complexity index is 459. The van der Waals surface area contributed by atoms with Gasteiger partial charge in [-0.15, -0.1) is 0 Å². The van der Waals surface area contributed by atoms with Crippen LogP contribution >= 0.6 is 23.2 Å². The molecule has 1 aromatic carbocycles. The van der Waals surface area contributed by atoms with Crippen LogP contribution in [0.5, 0.6) is 0 Å². The van der Waals surface area contributed by atoms with Gasteiger partial charge in [0.2, 0.25) is 0 Å². The van der Waals surface area contributed by atoms with Gasteiger partial charge in [-0.25, -0.2) is 0 Å². The summed E-state index contributed by atoms with van der Waals surface area (Å²) in [6, 6.07) is 5.07. The second kappa shape index (κ2) is 6.47. The average molecular weight is 288 g/mol. The maximum atomic E-state index is 7.65. The van der Waals surface area contributed by atoms with Crippen molar-refractivity contribution in [2.45, 2.75) is 19.9 Å². The van der Waals surface area contributed by atoms with Crippen molar-refractivity contribution in [3.63, 3.8) is 0 Å². The molecule has 98 valence electrons. The molecule has 5 nitrogen and oxygen atoms in total. The number of benzene rings is 1. The predicted molar refractivity (Wildman–Crippen MR) is 76.9 cm³/mol. The first-order valence-electron chi connectivity index (χ1n) is 5.31. The zero-order valence-corrected chi connectivity index (χ0v) is 11.6. The van der Waals surface area contributed by atoms with Crippen LogP contribution in [0.15, 0.2) is 18.2 Å². The fraction of sp³-hybridized carbons (Fsp3) is 0.273. The molecule has 0 amide bonds. The lowest BCUT2D eigenvalue weighted by atomic mass is 10.3. The SMILES string of the molecule is CC(C)NC(=N)NC(=N)Nc1ccc(Cl)c(Cl)c1. The van der Waals surface area contributed by atoms with E-state index >= 15 is 0 Å². The highest BCUT2D eigenvalue weighted by Gasteiger charge is 2.04. The van der Waals surface area contributed by atoms with Crippen molar-refractivity contribution in [1.29, 1.82) is 10.8 Å². The van der Waals surface area contributed by atoms with Gasteiger partial charge < -0.3 is 10.6 Å². The first-order chi connectivity index (χ1) is 8.38. The molecule has 0 bridgehead atoms. The number of anilines is 1. The Morgan fingerprint density at radius 2 is 1.78 bits per heavy atom. The summed E-state index contributed by atoms with van der Waals surface area (Å²) in [4.78, 5) is 0. The Hall–Kier alpha value is -1.46. The fourth-order valence-corrected chi connectivity index (χ4v) is 1.50. The smallest absolute Gasteiger partial charge is 0.199 e. The third-order valence-electron chi connectivity index (χ3n) is 1.87. The molecule has 0 aliphatic heterocycles. The minimum absolute atomic E-state index is 0.0217. The Labute approximate surface area is 116 Å². The maximum absolute atomic E-state index is 7.65. The van der Waals surface area contributed by atoms with Crippen molar-refractivity contribution in [2.24, 2.45) is 0 Å². The van der Waals surface area contributed by atoms with Gasteiger partial charge in [-0.2, -0.15) is 0 Å². The molecule has 0 saturated heterocycles. The molecule has 1 aromatic rings. The molecule has 1 rings (SSSR count). The Balaban J connectivity index is 2.54. The van der Waals surface area contributed by atoms with Crippen LogP contribution in [0.25, 0.3) is 0 Å². The van der Waals surface area contributed by atoms with Crippen LogP contribution in [-0.4, -0.2) is 18.0 Å². The van der Waals surface area contributed by atoms with Crippen molar-refractivity contribution >= 4 is 40.8 Å². The van der Waals surface area contributed by atoms with Crippen LogP contribution in [0, 0.1) is 10.8 Å². The molecule has 0 atom stereocenters. The molecule has 7 heteroatoms. The third kappa shape index (κ3) is 4.81. The van der Waals surface area contributed by atoms with Crippen LogP contribution in [0.4, 0.5) is 5.69 Å². The predicted octanol–water partition coefficient (Wildman–Crippen LogP) is 2.86. The van der Waals surface area contributed by atoms with E-state index in [1.54, 1.807) is 18.2 Å². The van der Waals surface area contributed by atoms with Crippen LogP contribution in [0.3, 0.4) is 0 Å². The molecule has 18 heavy (non-hydrogen) atoms. The van der Waals surface area contributed by atoms with Gasteiger partial charge in [-0.05, 0) is 32.0 Å². The molecule has 0 aromatic heterocycles. The second-order valence-electron chi connectivity index (χ2n) is 3.93. The van der Waals surface area contributed by atoms with E-state index in [-0.39, 0.29) is 18.0 Å². The summed E-state index contributed by atoms with van der Waals surface area (Å²) in [5.41, 5.74) is 0.624. The molecule has 0 fully saturated rings. The largest absolute Gasteiger partial charge is 0.354 e. The molecular weight excluding hydrogens is 273 g/mol. The van der Waals surface area contributed by atoms with E-state index in [0.29, 0.717) is 15.7 Å². The Morgan fingerprint density at radius 1 is 1.11 bits per heavy atom.